The van der Waals surface area contributed by atoms with Gasteiger partial charge in [0.1, 0.15) is 5.75 Å². The van der Waals surface area contributed by atoms with Gasteiger partial charge in [-0.05, 0) is 25.1 Å². The lowest BCUT2D eigenvalue weighted by Crippen LogP contribution is -2.03. The second kappa shape index (κ2) is 5.85. The van der Waals surface area contributed by atoms with Gasteiger partial charge in [-0.1, -0.05) is 30.3 Å². The molecular weight excluding hydrogens is 276 g/mol. The smallest absolute Gasteiger partial charge is 0.193 e. The van der Waals surface area contributed by atoms with Crippen molar-refractivity contribution >= 4 is 5.78 Å². The number of ether oxygens (including phenoxy) is 1. The van der Waals surface area contributed by atoms with Crippen molar-refractivity contribution in [2.45, 2.75) is 6.92 Å². The molecule has 0 aliphatic rings. The Labute approximate surface area is 129 Å². The highest BCUT2D eigenvalue weighted by Crippen LogP contribution is 2.25. The summed E-state index contributed by atoms with van der Waals surface area (Å²) < 4.78 is 7.31. The lowest BCUT2D eigenvalue weighted by Gasteiger charge is -2.11. The number of carbonyl (C=O) groups is 1. The number of carbonyl (C=O) groups excluding carboxylic acids is 1. The van der Waals surface area contributed by atoms with Gasteiger partial charge in [-0.2, -0.15) is 0 Å². The van der Waals surface area contributed by atoms with E-state index in [1.54, 1.807) is 19.5 Å². The summed E-state index contributed by atoms with van der Waals surface area (Å²) in [7, 11) is 1.60. The number of hydrogen-bond donors (Lipinski definition) is 0. The van der Waals surface area contributed by atoms with Crippen LogP contribution in [-0.2, 0) is 0 Å². The van der Waals surface area contributed by atoms with Gasteiger partial charge < -0.3 is 9.30 Å². The summed E-state index contributed by atoms with van der Waals surface area (Å²) in [4.78, 5) is 16.7. The van der Waals surface area contributed by atoms with Crippen LogP contribution in [0.4, 0.5) is 0 Å². The van der Waals surface area contributed by atoms with E-state index in [0.717, 1.165) is 11.4 Å². The molecule has 4 heteroatoms. The lowest BCUT2D eigenvalue weighted by atomic mass is 10.0. The standard InChI is InChI=1S/C18H16N2O2/c1-13-11-20(12-19-13)16-9-8-15(10-17(16)22-2)18(21)14-6-4-3-5-7-14/h3-12H,1-2H3. The monoisotopic (exact) mass is 292 g/mol. The molecule has 0 saturated carbocycles. The predicted molar refractivity (Wildman–Crippen MR) is 84.7 cm³/mol. The van der Waals surface area contributed by atoms with Crippen molar-refractivity contribution in [3.63, 3.8) is 0 Å². The minimum Gasteiger partial charge on any atom is -0.495 e. The van der Waals surface area contributed by atoms with Gasteiger partial charge in [0, 0.05) is 17.3 Å². The molecule has 0 fully saturated rings. The first-order chi connectivity index (χ1) is 10.7. The van der Waals surface area contributed by atoms with Crippen LogP contribution in [0.1, 0.15) is 21.6 Å². The van der Waals surface area contributed by atoms with E-state index < -0.39 is 0 Å². The largest absolute Gasteiger partial charge is 0.495 e. The van der Waals surface area contributed by atoms with E-state index in [-0.39, 0.29) is 5.78 Å². The molecule has 0 radical (unpaired) electrons. The summed E-state index contributed by atoms with van der Waals surface area (Å²) in [6.45, 7) is 1.93. The van der Waals surface area contributed by atoms with E-state index in [2.05, 4.69) is 4.98 Å². The molecule has 0 atom stereocenters. The molecule has 0 N–H and O–H groups in total. The third kappa shape index (κ3) is 2.63. The van der Waals surface area contributed by atoms with Crippen molar-refractivity contribution in [2.24, 2.45) is 0 Å². The van der Waals surface area contributed by atoms with Crippen molar-refractivity contribution in [3.8, 4) is 11.4 Å². The first-order valence-corrected chi connectivity index (χ1v) is 6.98. The first kappa shape index (κ1) is 14.1. The molecule has 2 aromatic carbocycles. The second-order valence-electron chi connectivity index (χ2n) is 5.00. The van der Waals surface area contributed by atoms with E-state index in [1.807, 2.05) is 60.2 Å². The number of nitrogens with zero attached hydrogens (tertiary/aromatic N) is 2. The topological polar surface area (TPSA) is 44.1 Å². The molecular formula is C18H16N2O2. The Hall–Kier alpha value is -2.88. The van der Waals surface area contributed by atoms with E-state index in [9.17, 15) is 4.79 Å². The van der Waals surface area contributed by atoms with Crippen LogP contribution in [0.15, 0.2) is 61.1 Å². The fourth-order valence-corrected chi connectivity index (χ4v) is 2.34. The molecule has 0 spiro atoms. The van der Waals surface area contributed by atoms with E-state index in [1.165, 1.54) is 0 Å². The SMILES string of the molecule is COc1cc(C(=O)c2ccccc2)ccc1-n1cnc(C)c1. The van der Waals surface area contributed by atoms with Crippen molar-refractivity contribution in [1.29, 1.82) is 0 Å². The maximum atomic E-state index is 12.5. The Morgan fingerprint density at radius 1 is 1.09 bits per heavy atom. The van der Waals surface area contributed by atoms with E-state index in [4.69, 9.17) is 4.74 Å². The highest BCUT2D eigenvalue weighted by molar-refractivity contribution is 6.09. The minimum atomic E-state index is -0.0211. The van der Waals surface area contributed by atoms with Gasteiger partial charge in [-0.25, -0.2) is 4.98 Å². The summed E-state index contributed by atoms with van der Waals surface area (Å²) in [6, 6.07) is 14.7. The molecule has 4 nitrogen and oxygen atoms in total. The van der Waals surface area contributed by atoms with Crippen LogP contribution < -0.4 is 4.74 Å². The molecule has 110 valence electrons. The first-order valence-electron chi connectivity index (χ1n) is 6.98. The number of hydrogen-bond acceptors (Lipinski definition) is 3. The Bertz CT molecular complexity index is 807. The van der Waals surface area contributed by atoms with Gasteiger partial charge in [-0.15, -0.1) is 0 Å². The number of imidazole rings is 1. The average Bonchev–Trinajstić information content (AvgIpc) is 3.00. The van der Waals surface area contributed by atoms with Crippen molar-refractivity contribution in [1.82, 2.24) is 9.55 Å². The summed E-state index contributed by atoms with van der Waals surface area (Å²) in [5, 5.41) is 0. The second-order valence-corrected chi connectivity index (χ2v) is 5.00. The summed E-state index contributed by atoms with van der Waals surface area (Å²) in [6.07, 6.45) is 3.64. The van der Waals surface area contributed by atoms with Crippen LogP contribution in [0.25, 0.3) is 5.69 Å². The number of methoxy groups -OCH3 is 1. The normalized spacial score (nSPS) is 10.5. The van der Waals surface area contributed by atoms with Gasteiger partial charge in [0.2, 0.25) is 0 Å². The summed E-state index contributed by atoms with van der Waals surface area (Å²) in [5.41, 5.74) is 3.04. The van der Waals surface area contributed by atoms with Crippen LogP contribution in [0.5, 0.6) is 5.75 Å². The molecule has 0 saturated heterocycles. The zero-order valence-electron chi connectivity index (χ0n) is 12.5. The minimum absolute atomic E-state index is 0.0211. The quantitative estimate of drug-likeness (QED) is 0.692. The molecule has 1 heterocycles. The Balaban J connectivity index is 2.00. The number of rotatable bonds is 4. The lowest BCUT2D eigenvalue weighted by molar-refractivity contribution is 0.103. The van der Waals surface area contributed by atoms with Crippen LogP contribution in [0.2, 0.25) is 0 Å². The third-order valence-corrected chi connectivity index (χ3v) is 3.47. The molecule has 0 unspecified atom stereocenters. The molecule has 22 heavy (non-hydrogen) atoms. The Morgan fingerprint density at radius 3 is 2.50 bits per heavy atom. The molecule has 0 aliphatic heterocycles. The molecule has 1 aromatic heterocycles. The van der Waals surface area contributed by atoms with Crippen molar-refractivity contribution in [2.75, 3.05) is 7.11 Å². The Morgan fingerprint density at radius 2 is 1.86 bits per heavy atom. The van der Waals surface area contributed by atoms with Crippen molar-refractivity contribution in [3.05, 3.63) is 77.9 Å². The maximum Gasteiger partial charge on any atom is 0.193 e. The average molecular weight is 292 g/mol. The van der Waals surface area contributed by atoms with Gasteiger partial charge in [0.15, 0.2) is 5.78 Å². The van der Waals surface area contributed by atoms with Crippen LogP contribution >= 0.6 is 0 Å². The zero-order valence-corrected chi connectivity index (χ0v) is 12.5. The number of ketones is 1. The van der Waals surface area contributed by atoms with Gasteiger partial charge >= 0.3 is 0 Å². The zero-order chi connectivity index (χ0) is 15.5. The van der Waals surface area contributed by atoms with Gasteiger partial charge in [-0.3, -0.25) is 4.79 Å². The van der Waals surface area contributed by atoms with Gasteiger partial charge in [0.25, 0.3) is 0 Å². The van der Waals surface area contributed by atoms with Gasteiger partial charge in [0.05, 0.1) is 24.8 Å². The third-order valence-electron chi connectivity index (χ3n) is 3.47. The fourth-order valence-electron chi connectivity index (χ4n) is 2.34. The summed E-state index contributed by atoms with van der Waals surface area (Å²) in [5.74, 6) is 0.617. The number of benzene rings is 2. The Kier molecular flexibility index (Phi) is 3.74. The summed E-state index contributed by atoms with van der Waals surface area (Å²) >= 11 is 0. The molecule has 3 rings (SSSR count). The molecule has 3 aromatic rings. The van der Waals surface area contributed by atoms with E-state index >= 15 is 0 Å². The number of aromatic nitrogens is 2. The van der Waals surface area contributed by atoms with Crippen LogP contribution in [0.3, 0.4) is 0 Å². The molecule has 0 aliphatic carbocycles. The molecule has 0 amide bonds. The number of aryl methyl sites for hydroxylation is 1. The van der Waals surface area contributed by atoms with Crippen molar-refractivity contribution < 1.29 is 9.53 Å². The highest BCUT2D eigenvalue weighted by Gasteiger charge is 2.13. The predicted octanol–water partition coefficient (Wildman–Crippen LogP) is 3.42. The fraction of sp³-hybridized carbons (Fsp3) is 0.111. The maximum absolute atomic E-state index is 12.5. The highest BCUT2D eigenvalue weighted by atomic mass is 16.5. The molecule has 0 bridgehead atoms. The van der Waals surface area contributed by atoms with E-state index in [0.29, 0.717) is 16.9 Å². The van der Waals surface area contributed by atoms with Crippen LogP contribution in [0, 0.1) is 6.92 Å². The van der Waals surface area contributed by atoms with Crippen LogP contribution in [-0.4, -0.2) is 22.4 Å².